The summed E-state index contributed by atoms with van der Waals surface area (Å²) >= 11 is 0. The van der Waals surface area contributed by atoms with Gasteiger partial charge in [-0.15, -0.1) is 0 Å². The summed E-state index contributed by atoms with van der Waals surface area (Å²) < 4.78 is 5.63. The monoisotopic (exact) mass is 504 g/mol. The van der Waals surface area contributed by atoms with Gasteiger partial charge in [0.25, 0.3) is 11.8 Å². The van der Waals surface area contributed by atoms with E-state index in [1.54, 1.807) is 4.90 Å². The van der Waals surface area contributed by atoms with Crippen LogP contribution in [0.15, 0.2) is 56.6 Å². The van der Waals surface area contributed by atoms with Crippen molar-refractivity contribution in [1.29, 1.82) is 0 Å². The third kappa shape index (κ3) is 4.55. The van der Waals surface area contributed by atoms with E-state index >= 15 is 0 Å². The van der Waals surface area contributed by atoms with Crippen LogP contribution >= 0.6 is 0 Å². The molecule has 1 N–H and O–H groups in total. The number of nitrogens with zero attached hydrogens (tertiary/aromatic N) is 4. The molecule has 0 aromatic rings. The number of hydrogen-bond donors (Lipinski definition) is 1. The summed E-state index contributed by atoms with van der Waals surface area (Å²) in [5.74, 6) is 0.728. The lowest BCUT2D eigenvalue weighted by Gasteiger charge is -2.28. The van der Waals surface area contributed by atoms with Crippen LogP contribution in [0, 0.1) is 5.92 Å². The molecule has 8 heteroatoms. The molecule has 37 heavy (non-hydrogen) atoms. The van der Waals surface area contributed by atoms with Crippen molar-refractivity contribution < 1.29 is 19.4 Å². The summed E-state index contributed by atoms with van der Waals surface area (Å²) in [6.07, 6.45) is 16.3. The molecular formula is C29H36N4O4. The molecular weight excluding hydrogens is 468 g/mol. The molecule has 8 nitrogen and oxygen atoms in total. The quantitative estimate of drug-likeness (QED) is 0.623. The highest BCUT2D eigenvalue weighted by molar-refractivity contribution is 6.15. The van der Waals surface area contributed by atoms with Crippen molar-refractivity contribution in [3.05, 3.63) is 46.6 Å². The lowest BCUT2D eigenvalue weighted by Crippen LogP contribution is -2.46. The van der Waals surface area contributed by atoms with E-state index in [0.717, 1.165) is 49.9 Å². The van der Waals surface area contributed by atoms with Crippen molar-refractivity contribution in [3.8, 4) is 0 Å². The number of aliphatic imine (C=N–C) groups is 2. The van der Waals surface area contributed by atoms with Gasteiger partial charge < -0.3 is 14.7 Å². The molecule has 3 unspecified atom stereocenters. The predicted octanol–water partition coefficient (Wildman–Crippen LogP) is 2.75. The molecule has 0 saturated carbocycles. The number of aliphatic hydroxyl groups excluding tert-OH is 1. The van der Waals surface area contributed by atoms with Crippen LogP contribution < -0.4 is 0 Å². The van der Waals surface area contributed by atoms with Crippen LogP contribution in [0.3, 0.4) is 0 Å². The van der Waals surface area contributed by atoms with Crippen molar-refractivity contribution in [2.24, 2.45) is 15.9 Å². The molecule has 6 rings (SSSR count). The second kappa shape index (κ2) is 9.80. The number of ether oxygens (including phenoxy) is 1. The second-order valence-corrected chi connectivity index (χ2v) is 11.2. The molecule has 4 aliphatic heterocycles. The van der Waals surface area contributed by atoms with Crippen LogP contribution in [0.2, 0.25) is 0 Å². The third-order valence-electron chi connectivity index (χ3n) is 8.65. The molecule has 2 fully saturated rings. The second-order valence-electron chi connectivity index (χ2n) is 11.2. The third-order valence-corrected chi connectivity index (χ3v) is 8.65. The van der Waals surface area contributed by atoms with Gasteiger partial charge in [0.2, 0.25) is 0 Å². The average molecular weight is 505 g/mol. The summed E-state index contributed by atoms with van der Waals surface area (Å²) in [6, 6.07) is 0.293. The zero-order valence-corrected chi connectivity index (χ0v) is 21.6. The Kier molecular flexibility index (Phi) is 6.49. The first-order chi connectivity index (χ1) is 17.9. The Morgan fingerprint density at radius 2 is 2.00 bits per heavy atom. The summed E-state index contributed by atoms with van der Waals surface area (Å²) in [4.78, 5) is 39.3. The topological polar surface area (TPSA) is 94.8 Å². The average Bonchev–Trinajstić information content (AvgIpc) is 3.65. The Bertz CT molecular complexity index is 1170. The minimum atomic E-state index is -0.997. The fraction of sp³-hybridized carbons (Fsp3) is 0.586. The fourth-order valence-electron chi connectivity index (χ4n) is 6.47. The van der Waals surface area contributed by atoms with Gasteiger partial charge in [0.15, 0.2) is 5.54 Å². The molecule has 0 aromatic heterocycles. The minimum absolute atomic E-state index is 0.0267. The highest BCUT2D eigenvalue weighted by Gasteiger charge is 2.52. The van der Waals surface area contributed by atoms with Crippen LogP contribution in [0.4, 0.5) is 0 Å². The summed E-state index contributed by atoms with van der Waals surface area (Å²) in [5, 5.41) is 9.70. The normalized spacial score (nSPS) is 32.2. The Morgan fingerprint density at radius 3 is 2.76 bits per heavy atom. The lowest BCUT2D eigenvalue weighted by atomic mass is 9.83. The number of amidine groups is 1. The van der Waals surface area contributed by atoms with E-state index in [-0.39, 0.29) is 17.7 Å². The van der Waals surface area contributed by atoms with Gasteiger partial charge in [-0.2, -0.15) is 0 Å². The van der Waals surface area contributed by atoms with E-state index in [4.69, 9.17) is 14.7 Å². The molecule has 1 spiro atoms. The van der Waals surface area contributed by atoms with Gasteiger partial charge in [0.1, 0.15) is 11.9 Å². The number of carbonyl (C=O) groups excluding carboxylic acids is 2. The van der Waals surface area contributed by atoms with Crippen LogP contribution in [-0.4, -0.2) is 89.3 Å². The Balaban J connectivity index is 1.22. The molecule has 0 radical (unpaired) electrons. The number of aliphatic hydroxyl groups is 1. The van der Waals surface area contributed by atoms with E-state index < -0.39 is 11.6 Å². The van der Waals surface area contributed by atoms with Gasteiger partial charge in [0.05, 0.1) is 12.6 Å². The van der Waals surface area contributed by atoms with Crippen molar-refractivity contribution in [3.63, 3.8) is 0 Å². The van der Waals surface area contributed by atoms with Gasteiger partial charge in [-0.25, -0.2) is 4.99 Å². The first kappa shape index (κ1) is 24.5. The molecule has 2 saturated heterocycles. The molecule has 6 aliphatic rings. The van der Waals surface area contributed by atoms with E-state index in [1.807, 2.05) is 4.90 Å². The van der Waals surface area contributed by atoms with E-state index in [2.05, 4.69) is 30.5 Å². The Morgan fingerprint density at radius 1 is 1.19 bits per heavy atom. The van der Waals surface area contributed by atoms with Crippen LogP contribution in [0.25, 0.3) is 0 Å². The summed E-state index contributed by atoms with van der Waals surface area (Å²) in [6.45, 7) is 4.10. The Labute approximate surface area is 218 Å². The van der Waals surface area contributed by atoms with E-state index in [0.29, 0.717) is 45.3 Å². The number of allylic oxidation sites excluding steroid dienone is 5. The molecule has 0 bridgehead atoms. The molecule has 2 aliphatic carbocycles. The lowest BCUT2D eigenvalue weighted by molar-refractivity contribution is -0.138. The standard InChI is InChI=1S/C29H36N4O4/c1-19(34)27(35)32-13-10-20(16-32)17-33-26(31-29(28(33)36)11-14-37-18-29)23-7-4-21(5-8-23)24-9-6-22-3-2-12-30-25(22)15-24/h4,6-7,9,12,19-20,25,34H,2-3,5,8,10-11,13-18H2,1H3/t19?,20-,25?,29?/m1/s1. The number of carbonyl (C=O) groups is 2. The van der Waals surface area contributed by atoms with Gasteiger partial charge in [-0.3, -0.25) is 19.5 Å². The zero-order chi connectivity index (χ0) is 25.6. The number of hydrogen-bond acceptors (Lipinski definition) is 6. The predicted molar refractivity (Wildman–Crippen MR) is 141 cm³/mol. The number of fused-ring (bicyclic) bond motifs is 1. The first-order valence-corrected chi connectivity index (χ1v) is 13.7. The smallest absolute Gasteiger partial charge is 0.258 e. The van der Waals surface area contributed by atoms with Crippen LogP contribution in [0.5, 0.6) is 0 Å². The highest BCUT2D eigenvalue weighted by atomic mass is 16.5. The maximum absolute atomic E-state index is 13.7. The van der Waals surface area contributed by atoms with Gasteiger partial charge >= 0.3 is 0 Å². The highest BCUT2D eigenvalue weighted by Crippen LogP contribution is 2.38. The Hall–Kier alpha value is -2.84. The molecule has 196 valence electrons. The van der Waals surface area contributed by atoms with Gasteiger partial charge in [-0.05, 0) is 79.9 Å². The number of likely N-dealkylation sites (tertiary alicyclic amines) is 1. The van der Waals surface area contributed by atoms with Crippen LogP contribution in [-0.2, 0) is 14.3 Å². The zero-order valence-electron chi connectivity index (χ0n) is 21.6. The summed E-state index contributed by atoms with van der Waals surface area (Å²) in [7, 11) is 0. The number of rotatable bonds is 5. The van der Waals surface area contributed by atoms with Crippen molar-refractivity contribution in [2.45, 2.75) is 69.6 Å². The summed E-state index contributed by atoms with van der Waals surface area (Å²) in [5.41, 5.74) is 4.44. The van der Waals surface area contributed by atoms with E-state index in [9.17, 15) is 14.7 Å². The van der Waals surface area contributed by atoms with Crippen molar-refractivity contribution >= 4 is 23.9 Å². The largest absolute Gasteiger partial charge is 0.384 e. The fourth-order valence-corrected chi connectivity index (χ4v) is 6.47. The first-order valence-electron chi connectivity index (χ1n) is 13.7. The maximum atomic E-state index is 13.7. The molecule has 2 amide bonds. The van der Waals surface area contributed by atoms with Crippen LogP contribution in [0.1, 0.15) is 51.9 Å². The SMILES string of the molecule is CC(O)C(=O)N1CC[C@@H](CN2C(=O)C3(CCOC3)N=C2C2=CC=C(C3=CC=C4CCC=NC4C3)CC2)C1. The van der Waals surface area contributed by atoms with Crippen molar-refractivity contribution in [2.75, 3.05) is 32.8 Å². The number of amides is 2. The molecule has 4 heterocycles. The minimum Gasteiger partial charge on any atom is -0.384 e. The van der Waals surface area contributed by atoms with Crippen molar-refractivity contribution in [1.82, 2.24) is 9.80 Å². The van der Waals surface area contributed by atoms with E-state index in [1.165, 1.54) is 23.6 Å². The van der Waals surface area contributed by atoms with Gasteiger partial charge in [0, 0.05) is 32.7 Å². The maximum Gasteiger partial charge on any atom is 0.258 e. The molecule has 0 aromatic carbocycles. The molecule has 4 atom stereocenters. The van der Waals surface area contributed by atoms with Gasteiger partial charge in [-0.1, -0.05) is 24.3 Å².